The van der Waals surface area contributed by atoms with Gasteiger partial charge in [0.05, 0.1) is 5.22 Å². The molecular weight excluding hydrogens is 236 g/mol. The zero-order valence-corrected chi connectivity index (χ0v) is 11.1. The van der Waals surface area contributed by atoms with Gasteiger partial charge in [0.1, 0.15) is 0 Å². The zero-order chi connectivity index (χ0) is 13.3. The molecule has 4 nitrogen and oxygen atoms in total. The Morgan fingerprint density at radius 3 is 1.74 bits per heavy atom. The lowest BCUT2D eigenvalue weighted by atomic mass is 10.2. The maximum atomic E-state index is 4.56. The lowest BCUT2D eigenvalue weighted by Gasteiger charge is -2.31. The van der Waals surface area contributed by atoms with E-state index in [1.807, 2.05) is 48.5 Å². The van der Waals surface area contributed by atoms with Crippen LogP contribution in [0.3, 0.4) is 0 Å². The summed E-state index contributed by atoms with van der Waals surface area (Å²) in [5.41, 5.74) is 2.24. The van der Waals surface area contributed by atoms with E-state index < -0.39 is 0 Å². The predicted octanol–water partition coefficient (Wildman–Crippen LogP) is 3.90. The van der Waals surface area contributed by atoms with Crippen molar-refractivity contribution in [3.8, 4) is 0 Å². The summed E-state index contributed by atoms with van der Waals surface area (Å²) >= 11 is 0. The number of hydrogen-bond donors (Lipinski definition) is 0. The molecule has 2 aromatic rings. The first-order valence-electron chi connectivity index (χ1n) is 6.41. The lowest BCUT2D eigenvalue weighted by Crippen LogP contribution is -2.48. The summed E-state index contributed by atoms with van der Waals surface area (Å²) in [6, 6.07) is 20.6. The number of rotatable bonds is 2. The Bertz CT molecular complexity index is 540. The highest BCUT2D eigenvalue weighted by Crippen LogP contribution is 2.41. The molecule has 0 bridgehead atoms. The van der Waals surface area contributed by atoms with Crippen molar-refractivity contribution in [2.75, 3.05) is 7.05 Å². The number of quaternary nitrogens is 1. The van der Waals surface area contributed by atoms with Crippen LogP contribution in [-0.4, -0.2) is 18.2 Å². The molecule has 3 rings (SSSR count). The lowest BCUT2D eigenvalue weighted by molar-refractivity contribution is 0.200. The van der Waals surface area contributed by atoms with E-state index >= 15 is 0 Å². The van der Waals surface area contributed by atoms with Crippen molar-refractivity contribution in [1.29, 1.82) is 0 Å². The molecule has 1 heterocycles. The molecule has 1 aliphatic rings. The monoisotopic (exact) mass is 253 g/mol. The van der Waals surface area contributed by atoms with Gasteiger partial charge in [-0.25, -0.2) is 5.01 Å². The summed E-state index contributed by atoms with van der Waals surface area (Å²) in [5, 5.41) is 10.7. The van der Waals surface area contributed by atoms with Crippen molar-refractivity contribution >= 4 is 11.4 Å². The quantitative estimate of drug-likeness (QED) is 0.746. The minimum atomic E-state index is 0.129. The Labute approximate surface area is 113 Å². The average Bonchev–Trinajstić information content (AvgIpc) is 2.78. The highest BCUT2D eigenvalue weighted by atomic mass is 15.9. The average molecular weight is 253 g/mol. The van der Waals surface area contributed by atoms with Crippen LogP contribution in [0.15, 0.2) is 71.1 Å². The standard InChI is InChI=1S/C15H17N4/c1-13-18(2)16-17-19(13,14-9-5-3-6-10-14)15-11-7-4-8-12-15/h3-13H,1-2H3/q+1. The van der Waals surface area contributed by atoms with Gasteiger partial charge >= 0.3 is 0 Å². The Hall–Kier alpha value is -2.20. The van der Waals surface area contributed by atoms with Crippen LogP contribution in [0.1, 0.15) is 6.92 Å². The van der Waals surface area contributed by atoms with Crippen LogP contribution < -0.4 is 4.59 Å². The van der Waals surface area contributed by atoms with Crippen molar-refractivity contribution in [3.63, 3.8) is 0 Å². The topological polar surface area (TPSA) is 28.0 Å². The molecule has 0 amide bonds. The molecule has 0 radical (unpaired) electrons. The van der Waals surface area contributed by atoms with Gasteiger partial charge in [0.25, 0.3) is 0 Å². The number of hydrogen-bond acceptors (Lipinski definition) is 3. The van der Waals surface area contributed by atoms with Gasteiger partial charge in [0.2, 0.25) is 6.17 Å². The molecule has 4 heteroatoms. The highest BCUT2D eigenvalue weighted by Gasteiger charge is 2.47. The maximum Gasteiger partial charge on any atom is 0.213 e. The molecule has 0 saturated carbocycles. The van der Waals surface area contributed by atoms with E-state index in [4.69, 9.17) is 0 Å². The van der Waals surface area contributed by atoms with Gasteiger partial charge in [-0.2, -0.15) is 0 Å². The van der Waals surface area contributed by atoms with Gasteiger partial charge in [-0.15, -0.1) is 0 Å². The van der Waals surface area contributed by atoms with Gasteiger partial charge in [-0.3, -0.25) is 0 Å². The second kappa shape index (κ2) is 4.48. The minimum Gasteiger partial charge on any atom is -0.222 e. The van der Waals surface area contributed by atoms with E-state index in [0.717, 1.165) is 11.4 Å². The minimum absolute atomic E-state index is 0.129. The molecular formula is C15H17N4+. The van der Waals surface area contributed by atoms with Crippen molar-refractivity contribution in [1.82, 2.24) is 9.60 Å². The third-order valence-corrected chi connectivity index (χ3v) is 3.70. The Kier molecular flexibility index (Phi) is 2.80. The van der Waals surface area contributed by atoms with Gasteiger partial charge < -0.3 is 0 Å². The normalized spacial score (nSPS) is 20.7. The van der Waals surface area contributed by atoms with Gasteiger partial charge in [0, 0.05) is 38.2 Å². The van der Waals surface area contributed by atoms with E-state index in [1.54, 1.807) is 0 Å². The van der Waals surface area contributed by atoms with E-state index in [-0.39, 0.29) is 6.17 Å². The molecule has 1 unspecified atom stereocenters. The van der Waals surface area contributed by atoms with Crippen LogP contribution in [0.4, 0.5) is 11.4 Å². The first kappa shape index (κ1) is 11.9. The molecule has 0 spiro atoms. The Morgan fingerprint density at radius 1 is 0.895 bits per heavy atom. The van der Waals surface area contributed by atoms with Gasteiger partial charge in [-0.05, 0) is 5.22 Å². The van der Waals surface area contributed by atoms with Gasteiger partial charge in [0.15, 0.2) is 11.4 Å². The van der Waals surface area contributed by atoms with Crippen LogP contribution in [0.25, 0.3) is 0 Å². The molecule has 0 saturated heterocycles. The summed E-state index contributed by atoms with van der Waals surface area (Å²) in [5.74, 6) is 0. The molecule has 0 aromatic heterocycles. The summed E-state index contributed by atoms with van der Waals surface area (Å²) in [6.07, 6.45) is 0.129. The number of benzene rings is 2. The smallest absolute Gasteiger partial charge is 0.213 e. The third-order valence-electron chi connectivity index (χ3n) is 3.70. The van der Waals surface area contributed by atoms with Crippen LogP contribution in [0.5, 0.6) is 0 Å². The van der Waals surface area contributed by atoms with Crippen LogP contribution in [0.2, 0.25) is 0 Å². The predicted molar refractivity (Wildman–Crippen MR) is 76.4 cm³/mol. The SMILES string of the molecule is CC1N(C)N=N[N+]1(c1ccccc1)c1ccccc1. The fraction of sp³-hybridized carbons (Fsp3) is 0.200. The number of para-hydroxylation sites is 2. The molecule has 96 valence electrons. The molecule has 1 aliphatic heterocycles. The molecule has 0 fully saturated rings. The first-order valence-corrected chi connectivity index (χ1v) is 6.41. The molecule has 19 heavy (non-hydrogen) atoms. The first-order chi connectivity index (χ1) is 9.25. The molecule has 2 aromatic carbocycles. The summed E-state index contributed by atoms with van der Waals surface area (Å²) in [7, 11) is 1.96. The summed E-state index contributed by atoms with van der Waals surface area (Å²) in [6.45, 7) is 2.14. The van der Waals surface area contributed by atoms with Crippen LogP contribution >= 0.6 is 0 Å². The van der Waals surface area contributed by atoms with E-state index in [1.165, 1.54) is 0 Å². The van der Waals surface area contributed by atoms with Crippen molar-refractivity contribution in [3.05, 3.63) is 60.7 Å². The van der Waals surface area contributed by atoms with Crippen LogP contribution in [0, 0.1) is 0 Å². The van der Waals surface area contributed by atoms with Crippen molar-refractivity contribution < 1.29 is 0 Å². The van der Waals surface area contributed by atoms with Crippen LogP contribution in [-0.2, 0) is 0 Å². The van der Waals surface area contributed by atoms with Crippen molar-refractivity contribution in [2.45, 2.75) is 13.1 Å². The molecule has 0 aliphatic carbocycles. The number of nitrogens with zero attached hydrogens (tertiary/aromatic N) is 4. The largest absolute Gasteiger partial charge is 0.222 e. The summed E-state index contributed by atoms with van der Waals surface area (Å²) in [4.78, 5) is 0. The maximum absolute atomic E-state index is 4.56. The highest BCUT2D eigenvalue weighted by molar-refractivity contribution is 5.58. The Morgan fingerprint density at radius 2 is 1.37 bits per heavy atom. The fourth-order valence-electron chi connectivity index (χ4n) is 2.51. The van der Waals surface area contributed by atoms with E-state index in [9.17, 15) is 0 Å². The second-order valence-electron chi connectivity index (χ2n) is 4.74. The zero-order valence-electron chi connectivity index (χ0n) is 11.1. The van der Waals surface area contributed by atoms with Gasteiger partial charge in [-0.1, -0.05) is 41.0 Å². The summed E-state index contributed by atoms with van der Waals surface area (Å²) < 4.78 is 0.387. The second-order valence-corrected chi connectivity index (χ2v) is 4.74. The van der Waals surface area contributed by atoms with E-state index in [0.29, 0.717) is 4.59 Å². The molecule has 1 atom stereocenters. The van der Waals surface area contributed by atoms with Crippen molar-refractivity contribution in [2.24, 2.45) is 10.4 Å². The Balaban J connectivity index is 2.21. The fourth-order valence-corrected chi connectivity index (χ4v) is 2.51. The van der Waals surface area contributed by atoms with E-state index in [2.05, 4.69) is 41.6 Å². The molecule has 0 N–H and O–H groups in total. The third kappa shape index (κ3) is 1.72.